The summed E-state index contributed by atoms with van der Waals surface area (Å²) in [4.78, 5) is 63.0. The van der Waals surface area contributed by atoms with Crippen LogP contribution in [0.5, 0.6) is 0 Å². The maximum absolute atomic E-state index is 12.9. The molecule has 0 aromatic heterocycles. The zero-order valence-electron chi connectivity index (χ0n) is 17.7. The summed E-state index contributed by atoms with van der Waals surface area (Å²) >= 11 is 0. The lowest BCUT2D eigenvalue weighted by Crippen LogP contribution is -2.60. The molecule has 1 saturated carbocycles. The lowest BCUT2D eigenvalue weighted by Gasteiger charge is -2.41. The SMILES string of the molecule is CC(=O)N1C(=O)O[C@H]2C[C@H](C=O)[C@@H](OC(=O)c3ccccc3)[C@H](OC(=O)c3ccccc3)[C@H]21. The fourth-order valence-corrected chi connectivity index (χ4v) is 4.22. The molecular formula is C24H21NO8. The first kappa shape index (κ1) is 22.2. The molecule has 1 aliphatic carbocycles. The van der Waals surface area contributed by atoms with Gasteiger partial charge in [-0.2, -0.15) is 0 Å². The van der Waals surface area contributed by atoms with Crippen LogP contribution in [0.1, 0.15) is 34.1 Å². The number of hydrogen-bond donors (Lipinski definition) is 0. The highest BCUT2D eigenvalue weighted by Gasteiger charge is 2.58. The van der Waals surface area contributed by atoms with E-state index in [0.717, 1.165) is 4.90 Å². The van der Waals surface area contributed by atoms with Crippen LogP contribution in [0.3, 0.4) is 0 Å². The average molecular weight is 451 g/mol. The van der Waals surface area contributed by atoms with Crippen LogP contribution in [0.15, 0.2) is 60.7 Å². The van der Waals surface area contributed by atoms with E-state index >= 15 is 0 Å². The molecule has 170 valence electrons. The summed E-state index contributed by atoms with van der Waals surface area (Å²) in [5, 5.41) is 0. The van der Waals surface area contributed by atoms with Gasteiger partial charge in [-0.15, -0.1) is 0 Å². The Labute approximate surface area is 189 Å². The number of nitrogens with zero attached hydrogens (tertiary/aromatic N) is 1. The van der Waals surface area contributed by atoms with Gasteiger partial charge in [-0.3, -0.25) is 4.79 Å². The summed E-state index contributed by atoms with van der Waals surface area (Å²) in [6.45, 7) is 1.18. The third-order valence-electron chi connectivity index (χ3n) is 5.73. The Bertz CT molecular complexity index is 1070. The highest BCUT2D eigenvalue weighted by molar-refractivity contribution is 5.93. The zero-order valence-corrected chi connectivity index (χ0v) is 17.7. The number of fused-ring (bicyclic) bond motifs is 1. The lowest BCUT2D eigenvalue weighted by molar-refractivity contribution is -0.141. The molecule has 2 aliphatic rings. The number of carbonyl (C=O) groups excluding carboxylic acids is 5. The number of amides is 2. The minimum atomic E-state index is -1.31. The van der Waals surface area contributed by atoms with E-state index in [2.05, 4.69) is 0 Å². The van der Waals surface area contributed by atoms with E-state index in [4.69, 9.17) is 14.2 Å². The molecule has 2 amide bonds. The van der Waals surface area contributed by atoms with Crippen LogP contribution in [-0.2, 0) is 23.8 Å². The van der Waals surface area contributed by atoms with Crippen LogP contribution in [0.4, 0.5) is 4.79 Å². The van der Waals surface area contributed by atoms with Gasteiger partial charge in [-0.1, -0.05) is 36.4 Å². The second kappa shape index (κ2) is 9.23. The quantitative estimate of drug-likeness (QED) is 0.387. The monoisotopic (exact) mass is 451 g/mol. The number of hydrogen-bond acceptors (Lipinski definition) is 8. The van der Waals surface area contributed by atoms with Gasteiger partial charge in [0.15, 0.2) is 12.2 Å². The van der Waals surface area contributed by atoms with Crippen molar-refractivity contribution >= 4 is 30.2 Å². The molecule has 4 rings (SSSR count). The standard InChI is InChI=1S/C24H21NO8/c1-14(27)25-19-18(31-24(25)30)12-17(13-26)20(32-22(28)15-8-4-2-5-9-15)21(19)33-23(29)16-10-6-3-7-11-16/h2-11,13,17-21H,12H2,1H3/t17-,18+,19+,20-,21-/m1/s1. The predicted octanol–water partition coefficient (Wildman–Crippen LogP) is 2.39. The molecule has 0 radical (unpaired) electrons. The molecule has 9 nitrogen and oxygen atoms in total. The average Bonchev–Trinajstić information content (AvgIpc) is 3.17. The molecule has 9 heteroatoms. The second-order valence-electron chi connectivity index (χ2n) is 7.81. The normalized spacial score (nSPS) is 26.0. The van der Waals surface area contributed by atoms with Gasteiger partial charge < -0.3 is 19.0 Å². The molecule has 0 unspecified atom stereocenters. The van der Waals surface area contributed by atoms with Gasteiger partial charge >= 0.3 is 18.0 Å². The molecule has 0 spiro atoms. The topological polar surface area (TPSA) is 116 Å². The minimum Gasteiger partial charge on any atom is -0.454 e. The van der Waals surface area contributed by atoms with Gasteiger partial charge in [0.05, 0.1) is 17.0 Å². The van der Waals surface area contributed by atoms with Gasteiger partial charge in [0.2, 0.25) is 5.91 Å². The van der Waals surface area contributed by atoms with E-state index in [1.54, 1.807) is 48.5 Å². The Kier molecular flexibility index (Phi) is 6.21. The summed E-state index contributed by atoms with van der Waals surface area (Å²) in [5.74, 6) is -3.03. The van der Waals surface area contributed by atoms with Gasteiger partial charge in [-0.05, 0) is 30.7 Å². The van der Waals surface area contributed by atoms with Crippen LogP contribution < -0.4 is 0 Å². The van der Waals surface area contributed by atoms with Gasteiger partial charge in [0.1, 0.15) is 18.4 Å². The van der Waals surface area contributed by atoms with Crippen LogP contribution in [0.2, 0.25) is 0 Å². The smallest absolute Gasteiger partial charge is 0.417 e. The molecular weight excluding hydrogens is 430 g/mol. The van der Waals surface area contributed by atoms with Gasteiger partial charge in [-0.25, -0.2) is 19.3 Å². The van der Waals surface area contributed by atoms with Crippen LogP contribution in [-0.4, -0.2) is 59.5 Å². The number of esters is 2. The Morgan fingerprint density at radius 1 is 0.909 bits per heavy atom. The number of carbonyl (C=O) groups is 5. The molecule has 0 bridgehead atoms. The van der Waals surface area contributed by atoms with Crippen molar-refractivity contribution in [2.75, 3.05) is 0 Å². The Hall–Kier alpha value is -4.01. The van der Waals surface area contributed by atoms with Crippen molar-refractivity contribution in [3.8, 4) is 0 Å². The first-order chi connectivity index (χ1) is 15.9. The van der Waals surface area contributed by atoms with E-state index < -0.39 is 54.2 Å². The zero-order chi connectivity index (χ0) is 23.5. The first-order valence-electron chi connectivity index (χ1n) is 10.4. The van der Waals surface area contributed by atoms with Crippen molar-refractivity contribution < 1.29 is 38.2 Å². The van der Waals surface area contributed by atoms with Crippen molar-refractivity contribution in [2.24, 2.45) is 5.92 Å². The summed E-state index contributed by atoms with van der Waals surface area (Å²) in [5.41, 5.74) is 0.453. The molecule has 0 N–H and O–H groups in total. The Morgan fingerprint density at radius 2 is 1.42 bits per heavy atom. The minimum absolute atomic E-state index is 0.00973. The number of benzene rings is 2. The lowest BCUT2D eigenvalue weighted by atomic mass is 9.79. The maximum atomic E-state index is 12.9. The highest BCUT2D eigenvalue weighted by atomic mass is 16.6. The molecule has 2 aromatic carbocycles. The fourth-order valence-electron chi connectivity index (χ4n) is 4.22. The van der Waals surface area contributed by atoms with E-state index in [1.807, 2.05) is 0 Å². The van der Waals surface area contributed by atoms with Gasteiger partial charge in [0.25, 0.3) is 0 Å². The summed E-state index contributed by atoms with van der Waals surface area (Å²) < 4.78 is 16.7. The number of rotatable bonds is 5. The number of aldehydes is 1. The van der Waals surface area contributed by atoms with E-state index in [-0.39, 0.29) is 17.5 Å². The van der Waals surface area contributed by atoms with E-state index in [9.17, 15) is 24.0 Å². The predicted molar refractivity (Wildman–Crippen MR) is 112 cm³/mol. The Morgan fingerprint density at radius 3 is 1.91 bits per heavy atom. The maximum Gasteiger partial charge on any atom is 0.417 e. The molecule has 33 heavy (non-hydrogen) atoms. The van der Waals surface area contributed by atoms with Crippen molar-refractivity contribution in [2.45, 2.75) is 37.7 Å². The summed E-state index contributed by atoms with van der Waals surface area (Å²) in [6.07, 6.45) is -3.76. The fraction of sp³-hybridized carbons (Fsp3) is 0.292. The van der Waals surface area contributed by atoms with Crippen molar-refractivity contribution in [1.29, 1.82) is 0 Å². The van der Waals surface area contributed by atoms with Crippen LogP contribution >= 0.6 is 0 Å². The first-order valence-corrected chi connectivity index (χ1v) is 10.4. The summed E-state index contributed by atoms with van der Waals surface area (Å²) in [6, 6.07) is 15.1. The molecule has 2 aromatic rings. The van der Waals surface area contributed by atoms with E-state index in [1.165, 1.54) is 19.1 Å². The third kappa shape index (κ3) is 4.34. The van der Waals surface area contributed by atoms with Crippen molar-refractivity contribution in [3.05, 3.63) is 71.8 Å². The molecule has 1 saturated heterocycles. The molecule has 1 heterocycles. The van der Waals surface area contributed by atoms with Gasteiger partial charge in [0, 0.05) is 6.92 Å². The van der Waals surface area contributed by atoms with Crippen LogP contribution in [0.25, 0.3) is 0 Å². The van der Waals surface area contributed by atoms with E-state index in [0.29, 0.717) is 6.29 Å². The summed E-state index contributed by atoms with van der Waals surface area (Å²) in [7, 11) is 0. The second-order valence-corrected chi connectivity index (χ2v) is 7.81. The van der Waals surface area contributed by atoms with Crippen molar-refractivity contribution in [1.82, 2.24) is 4.90 Å². The largest absolute Gasteiger partial charge is 0.454 e. The molecule has 2 fully saturated rings. The third-order valence-corrected chi connectivity index (χ3v) is 5.73. The Balaban J connectivity index is 1.71. The van der Waals surface area contributed by atoms with Crippen LogP contribution in [0, 0.1) is 5.92 Å². The highest BCUT2D eigenvalue weighted by Crippen LogP contribution is 2.38. The molecule has 5 atom stereocenters. The number of imide groups is 1. The molecule has 1 aliphatic heterocycles. The van der Waals surface area contributed by atoms with Crippen molar-refractivity contribution in [3.63, 3.8) is 0 Å². The number of ether oxygens (including phenoxy) is 3.